The van der Waals surface area contributed by atoms with Crippen LogP contribution >= 0.6 is 34.3 Å². The Bertz CT molecular complexity index is 965. The quantitative estimate of drug-likeness (QED) is 0.641. The Morgan fingerprint density at radius 1 is 1.28 bits per heavy atom. The molecule has 25 heavy (non-hydrogen) atoms. The maximum atomic E-state index is 12.8. The molecule has 10 heteroatoms. The normalized spacial score (nSPS) is 19.3. The van der Waals surface area contributed by atoms with Gasteiger partial charge >= 0.3 is 0 Å². The van der Waals surface area contributed by atoms with E-state index in [0.29, 0.717) is 29.2 Å². The van der Waals surface area contributed by atoms with Gasteiger partial charge in [0.2, 0.25) is 11.8 Å². The smallest absolute Gasteiger partial charge is 0.252 e. The van der Waals surface area contributed by atoms with Gasteiger partial charge in [0.1, 0.15) is 4.21 Å². The van der Waals surface area contributed by atoms with Gasteiger partial charge in [0.05, 0.1) is 10.3 Å². The number of nitrogens with zero attached hydrogens (tertiary/aromatic N) is 3. The van der Waals surface area contributed by atoms with Crippen molar-refractivity contribution in [3.05, 3.63) is 39.2 Å². The summed E-state index contributed by atoms with van der Waals surface area (Å²) in [5.74, 6) is 0.866. The Hall–Kier alpha value is -1.26. The maximum Gasteiger partial charge on any atom is 0.252 e. The first-order chi connectivity index (χ1) is 12.0. The van der Waals surface area contributed by atoms with Gasteiger partial charge in [0.15, 0.2) is 0 Å². The van der Waals surface area contributed by atoms with Gasteiger partial charge in [-0.05, 0) is 36.4 Å². The van der Waals surface area contributed by atoms with Crippen LogP contribution in [0.15, 0.2) is 37.6 Å². The summed E-state index contributed by atoms with van der Waals surface area (Å²) in [5.41, 5.74) is 0.886. The van der Waals surface area contributed by atoms with Crippen LogP contribution in [0.5, 0.6) is 0 Å². The Morgan fingerprint density at radius 3 is 2.88 bits per heavy atom. The fourth-order valence-electron chi connectivity index (χ4n) is 2.83. The van der Waals surface area contributed by atoms with Crippen LogP contribution < -0.4 is 0 Å². The standard InChI is InChI=1S/C15H14ClN3O3S3/c16-12-3-4-13(24-12)25(20,21)19-6-1-2-10(8-19)14-17-18-15(22-14)11-5-7-23-9-11/h3-5,7,9-10H,1-2,6,8H2/t10-/m0/s1. The molecule has 0 saturated carbocycles. The average molecular weight is 416 g/mol. The fourth-order valence-corrected chi connectivity index (χ4v) is 6.62. The number of aromatic nitrogens is 2. The first kappa shape index (κ1) is 17.2. The molecule has 1 fully saturated rings. The van der Waals surface area contributed by atoms with Crippen LogP contribution in [-0.4, -0.2) is 36.0 Å². The molecular formula is C15H14ClN3O3S3. The van der Waals surface area contributed by atoms with Gasteiger partial charge in [0, 0.05) is 24.0 Å². The van der Waals surface area contributed by atoms with Gasteiger partial charge in [-0.15, -0.1) is 21.5 Å². The molecule has 0 aromatic carbocycles. The molecule has 3 aromatic heterocycles. The number of sulfonamides is 1. The van der Waals surface area contributed by atoms with Crippen molar-refractivity contribution in [2.75, 3.05) is 13.1 Å². The molecule has 0 N–H and O–H groups in total. The first-order valence-electron chi connectivity index (χ1n) is 7.65. The zero-order chi connectivity index (χ0) is 17.4. The Kier molecular flexibility index (Phi) is 4.67. The first-order valence-corrected chi connectivity index (χ1v) is 11.2. The van der Waals surface area contributed by atoms with E-state index < -0.39 is 10.0 Å². The third-order valence-corrected chi connectivity index (χ3v) is 8.33. The molecule has 0 spiro atoms. The molecular weight excluding hydrogens is 402 g/mol. The van der Waals surface area contributed by atoms with Gasteiger partial charge in [-0.2, -0.15) is 15.6 Å². The topological polar surface area (TPSA) is 76.3 Å². The Morgan fingerprint density at radius 2 is 2.16 bits per heavy atom. The summed E-state index contributed by atoms with van der Waals surface area (Å²) in [5, 5.41) is 12.1. The van der Waals surface area contributed by atoms with Crippen LogP contribution in [0.4, 0.5) is 0 Å². The van der Waals surface area contributed by atoms with Crippen LogP contribution in [0.2, 0.25) is 4.34 Å². The third-order valence-electron chi connectivity index (χ3n) is 4.08. The lowest BCUT2D eigenvalue weighted by atomic mass is 10.00. The number of hydrogen-bond donors (Lipinski definition) is 0. The lowest BCUT2D eigenvalue weighted by Crippen LogP contribution is -2.38. The molecule has 3 aromatic rings. The predicted molar refractivity (Wildman–Crippen MR) is 97.7 cm³/mol. The van der Waals surface area contributed by atoms with Crippen molar-refractivity contribution in [2.24, 2.45) is 0 Å². The molecule has 4 heterocycles. The third kappa shape index (κ3) is 3.39. The van der Waals surface area contributed by atoms with Crippen molar-refractivity contribution in [2.45, 2.75) is 23.0 Å². The molecule has 1 atom stereocenters. The highest BCUT2D eigenvalue weighted by Gasteiger charge is 2.34. The van der Waals surface area contributed by atoms with Crippen molar-refractivity contribution in [3.8, 4) is 11.5 Å². The molecule has 1 aliphatic rings. The monoisotopic (exact) mass is 415 g/mol. The van der Waals surface area contributed by atoms with E-state index in [1.165, 1.54) is 4.31 Å². The molecule has 4 rings (SSSR count). The number of piperidine rings is 1. The highest BCUT2D eigenvalue weighted by molar-refractivity contribution is 7.91. The second-order valence-electron chi connectivity index (χ2n) is 5.72. The van der Waals surface area contributed by atoms with Crippen molar-refractivity contribution in [1.82, 2.24) is 14.5 Å². The number of hydrogen-bond acceptors (Lipinski definition) is 7. The van der Waals surface area contributed by atoms with E-state index in [1.807, 2.05) is 16.8 Å². The Balaban J connectivity index is 1.55. The van der Waals surface area contributed by atoms with Crippen LogP contribution in [0, 0.1) is 0 Å². The molecule has 0 bridgehead atoms. The summed E-state index contributed by atoms with van der Waals surface area (Å²) in [6, 6.07) is 5.07. The van der Waals surface area contributed by atoms with E-state index in [2.05, 4.69) is 10.2 Å². The van der Waals surface area contributed by atoms with Crippen LogP contribution in [0.1, 0.15) is 24.7 Å². The van der Waals surface area contributed by atoms with E-state index in [1.54, 1.807) is 23.5 Å². The summed E-state index contributed by atoms with van der Waals surface area (Å²) < 4.78 is 33.6. The van der Waals surface area contributed by atoms with E-state index in [9.17, 15) is 8.42 Å². The van der Waals surface area contributed by atoms with Crippen LogP contribution in [0.25, 0.3) is 11.5 Å². The SMILES string of the molecule is O=S(=O)(c1ccc(Cl)s1)N1CCC[C@H](c2nnc(-c3ccsc3)o2)C1. The maximum absolute atomic E-state index is 12.8. The minimum Gasteiger partial charge on any atom is -0.420 e. The lowest BCUT2D eigenvalue weighted by Gasteiger charge is -2.29. The number of rotatable bonds is 4. The van der Waals surface area contributed by atoms with Gasteiger partial charge in [-0.3, -0.25) is 0 Å². The zero-order valence-electron chi connectivity index (χ0n) is 13.0. The summed E-state index contributed by atoms with van der Waals surface area (Å²) in [6.45, 7) is 0.822. The Labute approximate surface area is 158 Å². The summed E-state index contributed by atoms with van der Waals surface area (Å²) in [7, 11) is -3.54. The number of halogens is 1. The minimum absolute atomic E-state index is 0.0983. The average Bonchev–Trinajstić information content (AvgIpc) is 3.35. The molecule has 6 nitrogen and oxygen atoms in total. The van der Waals surface area contributed by atoms with Crippen molar-refractivity contribution < 1.29 is 12.8 Å². The summed E-state index contributed by atoms with van der Waals surface area (Å²) >= 11 is 8.52. The lowest BCUT2D eigenvalue weighted by molar-refractivity contribution is 0.286. The zero-order valence-corrected chi connectivity index (χ0v) is 16.2. The van der Waals surface area contributed by atoms with E-state index in [4.69, 9.17) is 16.0 Å². The summed E-state index contributed by atoms with van der Waals surface area (Å²) in [4.78, 5) is 0. The fraction of sp³-hybridized carbons (Fsp3) is 0.333. The van der Waals surface area contributed by atoms with Crippen LogP contribution in [-0.2, 0) is 10.0 Å². The largest absolute Gasteiger partial charge is 0.420 e. The van der Waals surface area contributed by atoms with Gasteiger partial charge in [-0.1, -0.05) is 11.6 Å². The van der Waals surface area contributed by atoms with Crippen molar-refractivity contribution in [3.63, 3.8) is 0 Å². The predicted octanol–water partition coefficient (Wildman–Crippen LogP) is 4.08. The molecule has 1 saturated heterocycles. The van der Waals surface area contributed by atoms with E-state index in [0.717, 1.165) is 29.7 Å². The van der Waals surface area contributed by atoms with Gasteiger partial charge in [0.25, 0.3) is 10.0 Å². The molecule has 132 valence electrons. The highest BCUT2D eigenvalue weighted by Crippen LogP contribution is 2.34. The second-order valence-corrected chi connectivity index (χ2v) is 10.4. The van der Waals surface area contributed by atoms with Crippen molar-refractivity contribution >= 4 is 44.3 Å². The molecule has 1 aliphatic heterocycles. The minimum atomic E-state index is -3.54. The van der Waals surface area contributed by atoms with Gasteiger partial charge < -0.3 is 4.42 Å². The second kappa shape index (κ2) is 6.81. The van der Waals surface area contributed by atoms with Crippen LogP contribution in [0.3, 0.4) is 0 Å². The molecule has 0 unspecified atom stereocenters. The summed E-state index contributed by atoms with van der Waals surface area (Å²) in [6.07, 6.45) is 1.57. The molecule has 0 amide bonds. The number of thiophene rings is 2. The van der Waals surface area contributed by atoms with Gasteiger partial charge in [-0.25, -0.2) is 8.42 Å². The molecule has 0 radical (unpaired) electrons. The highest BCUT2D eigenvalue weighted by atomic mass is 35.5. The molecule has 0 aliphatic carbocycles. The van der Waals surface area contributed by atoms with Crippen molar-refractivity contribution in [1.29, 1.82) is 0 Å². The van der Waals surface area contributed by atoms with E-state index >= 15 is 0 Å². The van der Waals surface area contributed by atoms with E-state index in [-0.39, 0.29) is 10.1 Å².